The summed E-state index contributed by atoms with van der Waals surface area (Å²) in [5, 5.41) is 8.43. The Balaban J connectivity index is 3.21. The molecule has 0 aromatic carbocycles. The molecule has 1 N–H and O–H groups in total. The quantitative estimate of drug-likeness (QED) is 0.443. The van der Waals surface area contributed by atoms with Crippen LogP contribution in [0.1, 0.15) is 58.3 Å². The number of rotatable bonds is 10. The lowest BCUT2D eigenvalue weighted by Gasteiger charge is -1.94. The molecule has 0 atom stereocenters. The summed E-state index contributed by atoms with van der Waals surface area (Å²) >= 11 is 0. The molecule has 2 heteroatoms. The van der Waals surface area contributed by atoms with Crippen molar-refractivity contribution in [2.45, 2.75) is 58.3 Å². The van der Waals surface area contributed by atoms with E-state index in [-0.39, 0.29) is 0 Å². The van der Waals surface area contributed by atoms with Crippen LogP contribution in [0.25, 0.3) is 0 Å². The van der Waals surface area contributed by atoms with Crippen LogP contribution in [-0.4, -0.2) is 11.1 Å². The Morgan fingerprint density at radius 2 is 1.62 bits per heavy atom. The third-order valence-electron chi connectivity index (χ3n) is 2.37. The van der Waals surface area contributed by atoms with Crippen LogP contribution in [0.15, 0.2) is 24.3 Å². The highest BCUT2D eigenvalue weighted by molar-refractivity contribution is 5.66. The predicted molar refractivity (Wildman–Crippen MR) is 68.5 cm³/mol. The second-order valence-electron chi connectivity index (χ2n) is 3.99. The second-order valence-corrected chi connectivity index (χ2v) is 3.99. The van der Waals surface area contributed by atoms with Gasteiger partial charge in [0.1, 0.15) is 0 Å². The summed E-state index contributed by atoms with van der Waals surface area (Å²) in [4.78, 5) is 10.2. The Kier molecular flexibility index (Phi) is 11.2. The van der Waals surface area contributed by atoms with Crippen molar-refractivity contribution in [3.8, 4) is 0 Å². The van der Waals surface area contributed by atoms with E-state index >= 15 is 0 Å². The second kappa shape index (κ2) is 12.0. The first-order chi connectivity index (χ1) is 7.77. The van der Waals surface area contributed by atoms with Gasteiger partial charge in [0.05, 0.1) is 0 Å². The highest BCUT2D eigenvalue weighted by Crippen LogP contribution is 2.03. The normalized spacial score (nSPS) is 11.6. The zero-order valence-electron chi connectivity index (χ0n) is 10.3. The Morgan fingerprint density at radius 1 is 1.00 bits per heavy atom. The smallest absolute Gasteiger partial charge is 0.303 e. The number of hydrogen-bond donors (Lipinski definition) is 1. The first-order valence-corrected chi connectivity index (χ1v) is 6.30. The topological polar surface area (TPSA) is 37.3 Å². The highest BCUT2D eigenvalue weighted by atomic mass is 16.4. The van der Waals surface area contributed by atoms with Crippen molar-refractivity contribution in [2.24, 2.45) is 0 Å². The summed E-state index contributed by atoms with van der Waals surface area (Å²) in [6.07, 6.45) is 16.5. The molecule has 2 nitrogen and oxygen atoms in total. The minimum Gasteiger partial charge on any atom is -0.481 e. The number of hydrogen-bond acceptors (Lipinski definition) is 1. The molecular weight excluding hydrogens is 200 g/mol. The fraction of sp³-hybridized carbons (Fsp3) is 0.643. The Morgan fingerprint density at radius 3 is 2.19 bits per heavy atom. The zero-order chi connectivity index (χ0) is 12.1. The maximum Gasteiger partial charge on any atom is 0.303 e. The summed E-state index contributed by atoms with van der Waals surface area (Å²) in [5.74, 6) is -0.686. The molecule has 0 spiro atoms. The van der Waals surface area contributed by atoms with Gasteiger partial charge in [-0.1, -0.05) is 50.5 Å². The van der Waals surface area contributed by atoms with Gasteiger partial charge in [-0.25, -0.2) is 0 Å². The molecule has 0 aliphatic carbocycles. The van der Waals surface area contributed by atoms with Crippen LogP contribution in [0.4, 0.5) is 0 Å². The van der Waals surface area contributed by atoms with Gasteiger partial charge < -0.3 is 5.11 Å². The summed E-state index contributed by atoms with van der Waals surface area (Å²) in [6.45, 7) is 2.20. The van der Waals surface area contributed by atoms with Crippen LogP contribution >= 0.6 is 0 Å². The monoisotopic (exact) mass is 224 g/mol. The molecule has 0 saturated heterocycles. The number of carbonyl (C=O) groups is 1. The van der Waals surface area contributed by atoms with E-state index in [9.17, 15) is 4.79 Å². The number of carboxylic acids is 1. The molecule has 0 fully saturated rings. The largest absolute Gasteiger partial charge is 0.481 e. The summed E-state index contributed by atoms with van der Waals surface area (Å²) in [5.41, 5.74) is 0. The third-order valence-corrected chi connectivity index (χ3v) is 2.37. The van der Waals surface area contributed by atoms with E-state index in [1.54, 1.807) is 0 Å². The fourth-order valence-corrected chi connectivity index (χ4v) is 1.39. The molecule has 0 amide bonds. The SMILES string of the molecule is CCCC/C=C/C=C\CCCCCC(=O)O. The van der Waals surface area contributed by atoms with Crippen molar-refractivity contribution in [3.05, 3.63) is 24.3 Å². The predicted octanol–water partition coefficient (Wildman–Crippen LogP) is 4.32. The number of aliphatic carboxylic acids is 1. The van der Waals surface area contributed by atoms with E-state index in [0.29, 0.717) is 6.42 Å². The van der Waals surface area contributed by atoms with Crippen LogP contribution in [0.5, 0.6) is 0 Å². The molecule has 0 saturated carbocycles. The lowest BCUT2D eigenvalue weighted by atomic mass is 10.1. The lowest BCUT2D eigenvalue weighted by Crippen LogP contribution is -1.93. The highest BCUT2D eigenvalue weighted by Gasteiger charge is 1.94. The van der Waals surface area contributed by atoms with Crippen molar-refractivity contribution in [1.82, 2.24) is 0 Å². The van der Waals surface area contributed by atoms with E-state index in [1.165, 1.54) is 19.3 Å². The molecule has 0 heterocycles. The van der Waals surface area contributed by atoms with E-state index < -0.39 is 5.97 Å². The van der Waals surface area contributed by atoms with Crippen molar-refractivity contribution < 1.29 is 9.90 Å². The third kappa shape index (κ3) is 12.9. The van der Waals surface area contributed by atoms with Gasteiger partial charge in [-0.05, 0) is 25.7 Å². The summed E-state index contributed by atoms with van der Waals surface area (Å²) < 4.78 is 0. The van der Waals surface area contributed by atoms with Gasteiger partial charge in [0.2, 0.25) is 0 Å². The minimum atomic E-state index is -0.686. The van der Waals surface area contributed by atoms with Gasteiger partial charge in [0.15, 0.2) is 0 Å². The van der Waals surface area contributed by atoms with Crippen LogP contribution in [0.3, 0.4) is 0 Å². The van der Waals surface area contributed by atoms with Gasteiger partial charge in [-0.2, -0.15) is 0 Å². The first kappa shape index (κ1) is 14.9. The molecule has 0 unspecified atom stereocenters. The molecule has 0 bridgehead atoms. The average molecular weight is 224 g/mol. The summed E-state index contributed by atoms with van der Waals surface area (Å²) in [7, 11) is 0. The Bertz CT molecular complexity index is 217. The number of carboxylic acid groups (broad SMARTS) is 1. The van der Waals surface area contributed by atoms with E-state index in [4.69, 9.17) is 5.11 Å². The maximum absolute atomic E-state index is 10.2. The fourth-order valence-electron chi connectivity index (χ4n) is 1.39. The Labute approximate surface area is 99.1 Å². The van der Waals surface area contributed by atoms with Crippen LogP contribution in [0.2, 0.25) is 0 Å². The number of allylic oxidation sites excluding steroid dienone is 4. The summed E-state index contributed by atoms with van der Waals surface area (Å²) in [6, 6.07) is 0. The van der Waals surface area contributed by atoms with Gasteiger partial charge in [0.25, 0.3) is 0 Å². The van der Waals surface area contributed by atoms with Gasteiger partial charge >= 0.3 is 5.97 Å². The van der Waals surface area contributed by atoms with Gasteiger partial charge in [-0.15, -0.1) is 0 Å². The van der Waals surface area contributed by atoms with Gasteiger partial charge in [-0.3, -0.25) is 4.79 Å². The molecule has 0 aromatic rings. The molecule has 92 valence electrons. The van der Waals surface area contributed by atoms with Crippen molar-refractivity contribution >= 4 is 5.97 Å². The number of unbranched alkanes of at least 4 members (excludes halogenated alkanes) is 5. The molecule has 0 rings (SSSR count). The molecule has 0 aliphatic heterocycles. The van der Waals surface area contributed by atoms with E-state index in [1.807, 2.05) is 0 Å². The molecular formula is C14H24O2. The standard InChI is InChI=1S/C14H24O2/c1-2-3-4-5-6-7-8-9-10-11-12-13-14(15)16/h5-8H,2-4,9-13H2,1H3,(H,15,16)/b6-5+,8-7-. The van der Waals surface area contributed by atoms with E-state index in [0.717, 1.165) is 25.7 Å². The minimum absolute atomic E-state index is 0.306. The van der Waals surface area contributed by atoms with Crippen molar-refractivity contribution in [3.63, 3.8) is 0 Å². The van der Waals surface area contributed by atoms with Crippen LogP contribution in [-0.2, 0) is 4.79 Å². The van der Waals surface area contributed by atoms with Crippen LogP contribution in [0, 0.1) is 0 Å². The zero-order valence-corrected chi connectivity index (χ0v) is 10.3. The molecule has 0 aliphatic rings. The molecule has 16 heavy (non-hydrogen) atoms. The van der Waals surface area contributed by atoms with Gasteiger partial charge in [0, 0.05) is 6.42 Å². The average Bonchev–Trinajstić information content (AvgIpc) is 2.25. The lowest BCUT2D eigenvalue weighted by molar-refractivity contribution is -0.137. The Hall–Kier alpha value is -1.05. The molecule has 0 radical (unpaired) electrons. The van der Waals surface area contributed by atoms with Crippen LogP contribution < -0.4 is 0 Å². The molecule has 0 aromatic heterocycles. The first-order valence-electron chi connectivity index (χ1n) is 6.30. The van der Waals surface area contributed by atoms with Crippen molar-refractivity contribution in [2.75, 3.05) is 0 Å². The maximum atomic E-state index is 10.2. The van der Waals surface area contributed by atoms with E-state index in [2.05, 4.69) is 31.2 Å². The van der Waals surface area contributed by atoms with Crippen molar-refractivity contribution in [1.29, 1.82) is 0 Å².